The molecule has 2 atom stereocenters. The van der Waals surface area contributed by atoms with Crippen LogP contribution in [-0.2, 0) is 10.0 Å². The largest absolute Gasteiger partial charge is 0.478 e. The first-order valence-electron chi connectivity index (χ1n) is 6.28. The first kappa shape index (κ1) is 15.3. The van der Waals surface area contributed by atoms with Gasteiger partial charge in [-0.25, -0.2) is 13.2 Å². The van der Waals surface area contributed by atoms with E-state index in [1.165, 1.54) is 16.4 Å². The molecule has 1 N–H and O–H groups in total. The molecule has 2 unspecified atom stereocenters. The molecule has 1 saturated heterocycles. The Morgan fingerprint density at radius 3 is 2.55 bits per heavy atom. The molecule has 0 aliphatic carbocycles. The lowest BCUT2D eigenvalue weighted by Crippen LogP contribution is -2.34. The van der Waals surface area contributed by atoms with Crippen molar-refractivity contribution in [3.05, 3.63) is 28.8 Å². The summed E-state index contributed by atoms with van der Waals surface area (Å²) >= 11 is 5.76. The molecule has 7 heteroatoms. The quantitative estimate of drug-likeness (QED) is 0.929. The molecule has 0 spiro atoms. The molecule has 0 aromatic heterocycles. The molecule has 1 aliphatic heterocycles. The van der Waals surface area contributed by atoms with Crippen molar-refractivity contribution in [3.8, 4) is 0 Å². The molecule has 0 saturated carbocycles. The van der Waals surface area contributed by atoms with Crippen LogP contribution in [0.2, 0.25) is 5.02 Å². The molecule has 20 heavy (non-hydrogen) atoms. The minimum absolute atomic E-state index is 0.0271. The number of carboxylic acids is 1. The summed E-state index contributed by atoms with van der Waals surface area (Å²) in [6, 6.07) is 3.69. The normalized spacial score (nSPS) is 23.9. The highest BCUT2D eigenvalue weighted by atomic mass is 35.5. The number of rotatable bonds is 3. The zero-order valence-electron chi connectivity index (χ0n) is 11.2. The Balaban J connectivity index is 2.45. The van der Waals surface area contributed by atoms with Crippen LogP contribution in [-0.4, -0.2) is 36.4 Å². The topological polar surface area (TPSA) is 74.7 Å². The maximum atomic E-state index is 12.6. The summed E-state index contributed by atoms with van der Waals surface area (Å²) in [4.78, 5) is 11.0. The summed E-state index contributed by atoms with van der Waals surface area (Å²) in [5, 5.41) is 9.05. The average Bonchev–Trinajstić information content (AvgIpc) is 2.69. The number of nitrogens with zero attached hydrogens (tertiary/aromatic N) is 1. The van der Waals surface area contributed by atoms with Crippen molar-refractivity contribution in [1.82, 2.24) is 4.31 Å². The van der Waals surface area contributed by atoms with Gasteiger partial charge in [-0.15, -0.1) is 0 Å². The fourth-order valence-corrected chi connectivity index (χ4v) is 4.55. The van der Waals surface area contributed by atoms with Crippen LogP contribution in [0.15, 0.2) is 23.1 Å². The minimum Gasteiger partial charge on any atom is -0.478 e. The highest BCUT2D eigenvalue weighted by Gasteiger charge is 2.36. The van der Waals surface area contributed by atoms with Crippen molar-refractivity contribution in [3.63, 3.8) is 0 Å². The van der Waals surface area contributed by atoms with Gasteiger partial charge in [0.2, 0.25) is 10.0 Å². The van der Waals surface area contributed by atoms with Gasteiger partial charge in [-0.05, 0) is 37.5 Å². The van der Waals surface area contributed by atoms with Crippen molar-refractivity contribution in [2.24, 2.45) is 5.92 Å². The number of sulfonamides is 1. The average molecular weight is 318 g/mol. The van der Waals surface area contributed by atoms with Gasteiger partial charge in [-0.3, -0.25) is 0 Å². The molecule has 0 amide bonds. The number of benzene rings is 1. The van der Waals surface area contributed by atoms with Crippen molar-refractivity contribution >= 4 is 27.6 Å². The summed E-state index contributed by atoms with van der Waals surface area (Å²) in [6.45, 7) is 4.31. The smallest absolute Gasteiger partial charge is 0.337 e. The molecule has 1 aromatic rings. The second kappa shape index (κ2) is 5.35. The summed E-state index contributed by atoms with van der Waals surface area (Å²) in [6.07, 6.45) is 0.804. The van der Waals surface area contributed by atoms with Gasteiger partial charge in [0.25, 0.3) is 0 Å². The summed E-state index contributed by atoms with van der Waals surface area (Å²) in [7, 11) is -3.68. The molecule has 5 nitrogen and oxygen atoms in total. The number of aromatic carboxylic acids is 1. The van der Waals surface area contributed by atoms with E-state index in [4.69, 9.17) is 16.7 Å². The van der Waals surface area contributed by atoms with Crippen LogP contribution in [0.4, 0.5) is 0 Å². The van der Waals surface area contributed by atoms with Crippen LogP contribution in [0, 0.1) is 5.92 Å². The van der Waals surface area contributed by atoms with Gasteiger partial charge in [-0.2, -0.15) is 4.31 Å². The highest BCUT2D eigenvalue weighted by molar-refractivity contribution is 7.89. The Labute approximate surface area is 123 Å². The minimum atomic E-state index is -3.68. The third-order valence-electron chi connectivity index (χ3n) is 3.50. The summed E-state index contributed by atoms with van der Waals surface area (Å²) in [5.41, 5.74) is -0.201. The van der Waals surface area contributed by atoms with Gasteiger partial charge in [0, 0.05) is 12.6 Å². The van der Waals surface area contributed by atoms with E-state index in [9.17, 15) is 13.2 Å². The van der Waals surface area contributed by atoms with Gasteiger partial charge in [0.05, 0.1) is 15.5 Å². The number of hydrogen-bond acceptors (Lipinski definition) is 3. The number of hydrogen-bond donors (Lipinski definition) is 1. The van der Waals surface area contributed by atoms with Gasteiger partial charge in [0.1, 0.15) is 0 Å². The second-order valence-corrected chi connectivity index (χ2v) is 7.51. The zero-order chi connectivity index (χ0) is 15.1. The van der Waals surface area contributed by atoms with Gasteiger partial charge in [0.15, 0.2) is 0 Å². The lowest BCUT2D eigenvalue weighted by molar-refractivity contribution is 0.0697. The standard InChI is InChI=1S/C13H16ClNO4S/c1-8-5-9(2)15(7-8)20(18,19)10-3-4-12(14)11(6-10)13(16)17/h3-4,6,8-9H,5,7H2,1-2H3,(H,16,17). The summed E-state index contributed by atoms with van der Waals surface area (Å²) in [5.74, 6) is -0.944. The van der Waals surface area contributed by atoms with Gasteiger partial charge in [-0.1, -0.05) is 18.5 Å². The maximum absolute atomic E-state index is 12.6. The van der Waals surface area contributed by atoms with Crippen LogP contribution >= 0.6 is 11.6 Å². The maximum Gasteiger partial charge on any atom is 0.337 e. The van der Waals surface area contributed by atoms with Crippen LogP contribution in [0.25, 0.3) is 0 Å². The van der Waals surface area contributed by atoms with Crippen LogP contribution < -0.4 is 0 Å². The predicted molar refractivity (Wildman–Crippen MR) is 75.5 cm³/mol. The van der Waals surface area contributed by atoms with Crippen molar-refractivity contribution < 1.29 is 18.3 Å². The van der Waals surface area contributed by atoms with Gasteiger partial charge < -0.3 is 5.11 Å². The van der Waals surface area contributed by atoms with Crippen LogP contribution in [0.5, 0.6) is 0 Å². The monoisotopic (exact) mass is 317 g/mol. The van der Waals surface area contributed by atoms with E-state index in [0.717, 1.165) is 12.5 Å². The number of carbonyl (C=O) groups is 1. The van der Waals surface area contributed by atoms with E-state index in [2.05, 4.69) is 0 Å². The first-order chi connectivity index (χ1) is 9.23. The molecule has 1 aliphatic rings. The Hall–Kier alpha value is -1.11. The second-order valence-electron chi connectivity index (χ2n) is 5.21. The Morgan fingerprint density at radius 2 is 2.05 bits per heavy atom. The molecule has 0 bridgehead atoms. The number of carboxylic acid groups (broad SMARTS) is 1. The Bertz CT molecular complexity index is 644. The van der Waals surface area contributed by atoms with E-state index in [-0.39, 0.29) is 21.5 Å². The molecule has 0 radical (unpaired) electrons. The highest BCUT2D eigenvalue weighted by Crippen LogP contribution is 2.30. The molecule has 2 rings (SSSR count). The van der Waals surface area contributed by atoms with E-state index < -0.39 is 16.0 Å². The van der Waals surface area contributed by atoms with Gasteiger partial charge >= 0.3 is 5.97 Å². The molecular weight excluding hydrogens is 302 g/mol. The third kappa shape index (κ3) is 2.68. The fourth-order valence-electron chi connectivity index (χ4n) is 2.56. The van der Waals surface area contributed by atoms with E-state index in [1.807, 2.05) is 13.8 Å². The molecule has 1 fully saturated rings. The van der Waals surface area contributed by atoms with E-state index in [1.54, 1.807) is 0 Å². The van der Waals surface area contributed by atoms with E-state index in [0.29, 0.717) is 12.5 Å². The fraction of sp³-hybridized carbons (Fsp3) is 0.462. The number of halogens is 1. The first-order valence-corrected chi connectivity index (χ1v) is 8.10. The van der Waals surface area contributed by atoms with Crippen LogP contribution in [0.1, 0.15) is 30.6 Å². The van der Waals surface area contributed by atoms with Crippen molar-refractivity contribution in [2.75, 3.05) is 6.54 Å². The third-order valence-corrected chi connectivity index (χ3v) is 5.81. The van der Waals surface area contributed by atoms with E-state index >= 15 is 0 Å². The van der Waals surface area contributed by atoms with Crippen molar-refractivity contribution in [2.45, 2.75) is 31.2 Å². The molecule has 1 heterocycles. The zero-order valence-corrected chi connectivity index (χ0v) is 12.8. The SMILES string of the molecule is CC1CC(C)N(S(=O)(=O)c2ccc(Cl)c(C(=O)O)c2)C1. The Kier molecular flexibility index (Phi) is 4.09. The van der Waals surface area contributed by atoms with Crippen LogP contribution in [0.3, 0.4) is 0 Å². The lowest BCUT2D eigenvalue weighted by Gasteiger charge is -2.21. The lowest BCUT2D eigenvalue weighted by atomic mass is 10.1. The Morgan fingerprint density at radius 1 is 1.40 bits per heavy atom. The summed E-state index contributed by atoms with van der Waals surface area (Å²) < 4.78 is 26.6. The predicted octanol–water partition coefficient (Wildman–Crippen LogP) is 2.46. The molecule has 1 aromatic carbocycles. The van der Waals surface area contributed by atoms with Crippen molar-refractivity contribution in [1.29, 1.82) is 0 Å². The molecular formula is C13H16ClNO4S. The molecule has 110 valence electrons.